The highest BCUT2D eigenvalue weighted by atomic mass is 16.4. The van der Waals surface area contributed by atoms with Crippen molar-refractivity contribution in [2.45, 2.75) is 20.4 Å². The number of aromatic amines is 1. The average Bonchev–Trinajstić information content (AvgIpc) is 2.72. The molecule has 2 aromatic rings. The molecule has 0 radical (unpaired) electrons. The molecule has 2 aromatic heterocycles. The lowest BCUT2D eigenvalue weighted by Gasteiger charge is -1.94. The second kappa shape index (κ2) is 3.44. The van der Waals surface area contributed by atoms with Gasteiger partial charge in [0.1, 0.15) is 5.82 Å². The number of nitrogens with zero attached hydrogens (tertiary/aromatic N) is 4. The van der Waals surface area contributed by atoms with Crippen molar-refractivity contribution >= 4 is 6.01 Å². The van der Waals surface area contributed by atoms with Crippen LogP contribution in [0.1, 0.15) is 17.5 Å². The van der Waals surface area contributed by atoms with Gasteiger partial charge in [0.15, 0.2) is 5.82 Å². The van der Waals surface area contributed by atoms with E-state index in [-0.39, 0.29) is 0 Å². The third-order valence-corrected chi connectivity index (χ3v) is 1.57. The highest BCUT2D eigenvalue weighted by molar-refractivity contribution is 5.17. The molecule has 0 amide bonds. The minimum Gasteiger partial charge on any atom is -0.408 e. The Kier molecular flexibility index (Phi) is 2.13. The maximum Gasteiger partial charge on any atom is 0.315 e. The Morgan fingerprint density at radius 3 is 2.79 bits per heavy atom. The highest BCUT2D eigenvalue weighted by Crippen LogP contribution is 2.04. The average molecular weight is 194 g/mol. The van der Waals surface area contributed by atoms with Gasteiger partial charge in [0.05, 0.1) is 6.54 Å². The molecule has 0 aliphatic carbocycles. The van der Waals surface area contributed by atoms with Crippen molar-refractivity contribution in [1.29, 1.82) is 0 Å². The number of aryl methyl sites for hydroxylation is 2. The summed E-state index contributed by atoms with van der Waals surface area (Å²) in [6.07, 6.45) is 0. The smallest absolute Gasteiger partial charge is 0.315 e. The summed E-state index contributed by atoms with van der Waals surface area (Å²) < 4.78 is 5.11. The van der Waals surface area contributed by atoms with Crippen molar-refractivity contribution in [3.8, 4) is 0 Å². The van der Waals surface area contributed by atoms with Gasteiger partial charge in [-0.2, -0.15) is 5.10 Å². The minimum absolute atomic E-state index is 0.380. The number of nitrogens with one attached hydrogen (secondary N) is 2. The molecule has 2 N–H and O–H groups in total. The molecule has 7 heteroatoms. The summed E-state index contributed by atoms with van der Waals surface area (Å²) in [5.41, 5.74) is 0. The van der Waals surface area contributed by atoms with E-state index in [9.17, 15) is 0 Å². The zero-order valence-electron chi connectivity index (χ0n) is 7.90. The quantitative estimate of drug-likeness (QED) is 0.735. The summed E-state index contributed by atoms with van der Waals surface area (Å²) in [5.74, 6) is 1.97. The molecular formula is C7H10N6O. The molecule has 0 aromatic carbocycles. The summed E-state index contributed by atoms with van der Waals surface area (Å²) in [4.78, 5) is 4.11. The van der Waals surface area contributed by atoms with Crippen LogP contribution in [0.15, 0.2) is 4.42 Å². The van der Waals surface area contributed by atoms with E-state index < -0.39 is 0 Å². The Hall–Kier alpha value is -1.92. The monoisotopic (exact) mass is 194 g/mol. The molecule has 14 heavy (non-hydrogen) atoms. The highest BCUT2D eigenvalue weighted by Gasteiger charge is 2.03. The van der Waals surface area contributed by atoms with Crippen LogP contribution in [0.25, 0.3) is 0 Å². The first-order valence-electron chi connectivity index (χ1n) is 4.16. The molecular weight excluding hydrogens is 184 g/mol. The van der Waals surface area contributed by atoms with Gasteiger partial charge in [-0.15, -0.1) is 5.10 Å². The number of anilines is 1. The van der Waals surface area contributed by atoms with Crippen molar-refractivity contribution in [2.75, 3.05) is 5.32 Å². The molecule has 2 heterocycles. The predicted molar refractivity (Wildman–Crippen MR) is 47.5 cm³/mol. The number of rotatable bonds is 3. The fourth-order valence-electron chi connectivity index (χ4n) is 0.991. The molecule has 0 bridgehead atoms. The van der Waals surface area contributed by atoms with Crippen molar-refractivity contribution in [3.63, 3.8) is 0 Å². The number of hydrogen-bond donors (Lipinski definition) is 2. The molecule has 0 aliphatic rings. The maximum absolute atomic E-state index is 5.11. The van der Waals surface area contributed by atoms with Crippen molar-refractivity contribution in [1.82, 2.24) is 25.4 Å². The van der Waals surface area contributed by atoms with E-state index in [0.717, 1.165) is 5.82 Å². The summed E-state index contributed by atoms with van der Waals surface area (Å²) in [7, 11) is 0. The zero-order chi connectivity index (χ0) is 9.97. The van der Waals surface area contributed by atoms with Gasteiger partial charge in [-0.3, -0.25) is 5.10 Å². The summed E-state index contributed by atoms with van der Waals surface area (Å²) in [6.45, 7) is 4.04. The van der Waals surface area contributed by atoms with E-state index in [2.05, 4.69) is 30.7 Å². The first-order valence-corrected chi connectivity index (χ1v) is 4.16. The normalized spacial score (nSPS) is 10.4. The van der Waals surface area contributed by atoms with Crippen molar-refractivity contribution in [2.24, 2.45) is 0 Å². The number of H-pyrrole nitrogens is 1. The van der Waals surface area contributed by atoms with Crippen LogP contribution in [0, 0.1) is 13.8 Å². The lowest BCUT2D eigenvalue weighted by molar-refractivity contribution is 0.530. The molecule has 0 fully saturated rings. The largest absolute Gasteiger partial charge is 0.408 e. The van der Waals surface area contributed by atoms with Crippen LogP contribution in [0.3, 0.4) is 0 Å². The van der Waals surface area contributed by atoms with Crippen LogP contribution >= 0.6 is 0 Å². The third-order valence-electron chi connectivity index (χ3n) is 1.57. The molecule has 0 saturated carbocycles. The van der Waals surface area contributed by atoms with Gasteiger partial charge in [-0.1, -0.05) is 5.10 Å². The summed E-state index contributed by atoms with van der Waals surface area (Å²) in [5, 5.41) is 17.1. The van der Waals surface area contributed by atoms with Crippen LogP contribution in [0.5, 0.6) is 0 Å². The van der Waals surface area contributed by atoms with E-state index >= 15 is 0 Å². The van der Waals surface area contributed by atoms with E-state index in [1.807, 2.05) is 6.92 Å². The van der Waals surface area contributed by atoms with Gasteiger partial charge < -0.3 is 9.73 Å². The van der Waals surface area contributed by atoms with Gasteiger partial charge in [0, 0.05) is 6.92 Å². The van der Waals surface area contributed by atoms with Gasteiger partial charge in [0.2, 0.25) is 5.89 Å². The first-order chi connectivity index (χ1) is 6.74. The zero-order valence-corrected chi connectivity index (χ0v) is 7.90. The van der Waals surface area contributed by atoms with Crippen LogP contribution < -0.4 is 5.32 Å². The standard InChI is InChI=1S/C7H10N6O/c1-4-9-6(12-10-4)3-8-7-13-11-5(2)14-7/h3H2,1-2H3,(H,8,13)(H,9,10,12). The van der Waals surface area contributed by atoms with Crippen molar-refractivity contribution < 1.29 is 4.42 Å². The molecule has 0 atom stereocenters. The molecule has 74 valence electrons. The Morgan fingerprint density at radius 2 is 2.21 bits per heavy atom. The van der Waals surface area contributed by atoms with Gasteiger partial charge >= 0.3 is 6.01 Å². The summed E-state index contributed by atoms with van der Waals surface area (Å²) in [6, 6.07) is 0.380. The Labute approximate surface area is 80.0 Å². The third kappa shape index (κ3) is 1.87. The van der Waals surface area contributed by atoms with Crippen LogP contribution in [-0.2, 0) is 6.54 Å². The molecule has 0 aliphatic heterocycles. The van der Waals surface area contributed by atoms with Crippen LogP contribution in [0.4, 0.5) is 6.01 Å². The van der Waals surface area contributed by atoms with Gasteiger partial charge in [0.25, 0.3) is 0 Å². The number of aromatic nitrogens is 5. The van der Waals surface area contributed by atoms with Crippen LogP contribution in [0.2, 0.25) is 0 Å². The van der Waals surface area contributed by atoms with Crippen LogP contribution in [-0.4, -0.2) is 25.4 Å². The predicted octanol–water partition coefficient (Wildman–Crippen LogP) is 0.417. The van der Waals surface area contributed by atoms with E-state index in [1.54, 1.807) is 6.92 Å². The second-order valence-electron chi connectivity index (χ2n) is 2.82. The van der Waals surface area contributed by atoms with E-state index in [1.165, 1.54) is 0 Å². The SMILES string of the molecule is Cc1nc(CNc2nnc(C)o2)n[nH]1. The van der Waals surface area contributed by atoms with E-state index in [0.29, 0.717) is 24.3 Å². The minimum atomic E-state index is 0.380. The molecule has 0 spiro atoms. The first kappa shape index (κ1) is 8.67. The molecule has 0 saturated heterocycles. The molecule has 2 rings (SSSR count). The second-order valence-corrected chi connectivity index (χ2v) is 2.82. The lowest BCUT2D eigenvalue weighted by Crippen LogP contribution is -2.01. The molecule has 7 nitrogen and oxygen atoms in total. The lowest BCUT2D eigenvalue weighted by atomic mass is 10.6. The Bertz CT molecular complexity index is 379. The molecule has 0 unspecified atom stereocenters. The fraction of sp³-hybridized carbons (Fsp3) is 0.429. The fourth-order valence-corrected chi connectivity index (χ4v) is 0.991. The number of hydrogen-bond acceptors (Lipinski definition) is 6. The van der Waals surface area contributed by atoms with Gasteiger partial charge in [-0.25, -0.2) is 4.98 Å². The Balaban J connectivity index is 1.94. The topological polar surface area (TPSA) is 92.5 Å². The summed E-state index contributed by atoms with van der Waals surface area (Å²) >= 11 is 0. The maximum atomic E-state index is 5.11. The van der Waals surface area contributed by atoms with E-state index in [4.69, 9.17) is 4.42 Å². The Morgan fingerprint density at radius 1 is 1.36 bits per heavy atom. The van der Waals surface area contributed by atoms with Gasteiger partial charge in [-0.05, 0) is 6.92 Å². The van der Waals surface area contributed by atoms with Crippen molar-refractivity contribution in [3.05, 3.63) is 17.5 Å².